The zero-order valence-corrected chi connectivity index (χ0v) is 16.2. The van der Waals surface area contributed by atoms with E-state index >= 15 is 0 Å². The Bertz CT molecular complexity index is 300. The highest BCUT2D eigenvalue weighted by molar-refractivity contribution is 5.69. The Hall–Kier alpha value is -0.830. The van der Waals surface area contributed by atoms with E-state index in [2.05, 4.69) is 19.1 Å². The van der Waals surface area contributed by atoms with Crippen LogP contribution in [0.2, 0.25) is 0 Å². The Balaban J connectivity index is 3.19. The molecule has 0 saturated carbocycles. The smallest absolute Gasteiger partial charge is 0.305 e. The van der Waals surface area contributed by atoms with Gasteiger partial charge in [0.25, 0.3) is 0 Å². The molecule has 1 atom stereocenters. The van der Waals surface area contributed by atoms with Gasteiger partial charge in [-0.25, -0.2) is 0 Å². The Kier molecular flexibility index (Phi) is 17.9. The van der Waals surface area contributed by atoms with Gasteiger partial charge in [0.05, 0.1) is 0 Å². The molecule has 0 aliphatic heterocycles. The fourth-order valence-corrected chi connectivity index (χ4v) is 2.64. The predicted octanol–water partition coefficient (Wildman–Crippen LogP) is 5.91. The van der Waals surface area contributed by atoms with Crippen LogP contribution < -0.4 is 5.73 Å². The minimum Gasteiger partial charge on any atom is -0.464 e. The lowest BCUT2D eigenvalue weighted by molar-refractivity contribution is -0.144. The van der Waals surface area contributed by atoms with Gasteiger partial charge in [-0.1, -0.05) is 70.4 Å². The molecular formula is C21H41NO2. The molecule has 3 heteroatoms. The first kappa shape index (κ1) is 23.2. The van der Waals surface area contributed by atoms with Gasteiger partial charge in [-0.2, -0.15) is 0 Å². The van der Waals surface area contributed by atoms with E-state index in [0.717, 1.165) is 12.8 Å². The van der Waals surface area contributed by atoms with Crippen molar-refractivity contribution in [1.82, 2.24) is 0 Å². The maximum Gasteiger partial charge on any atom is 0.305 e. The molecule has 24 heavy (non-hydrogen) atoms. The van der Waals surface area contributed by atoms with Crippen LogP contribution in [-0.4, -0.2) is 18.6 Å². The Morgan fingerprint density at radius 1 is 0.875 bits per heavy atom. The summed E-state index contributed by atoms with van der Waals surface area (Å²) in [6.07, 6.45) is 21.7. The lowest BCUT2D eigenvalue weighted by Crippen LogP contribution is -2.23. The molecule has 0 aromatic heterocycles. The number of hydrogen-bond acceptors (Lipinski definition) is 3. The van der Waals surface area contributed by atoms with Gasteiger partial charge in [0.1, 0.15) is 6.61 Å². The summed E-state index contributed by atoms with van der Waals surface area (Å²) in [7, 11) is 0. The lowest BCUT2D eigenvalue weighted by Gasteiger charge is -2.06. The van der Waals surface area contributed by atoms with Gasteiger partial charge in [-0.15, -0.1) is 0 Å². The number of allylic oxidation sites excluding steroid dienone is 2. The Labute approximate surface area is 150 Å². The summed E-state index contributed by atoms with van der Waals surface area (Å²) in [5.74, 6) is -0.107. The van der Waals surface area contributed by atoms with Crippen LogP contribution >= 0.6 is 0 Å². The molecule has 0 aromatic carbocycles. The molecule has 142 valence electrons. The van der Waals surface area contributed by atoms with Crippen molar-refractivity contribution in [2.75, 3.05) is 6.61 Å². The summed E-state index contributed by atoms with van der Waals surface area (Å²) < 4.78 is 5.05. The largest absolute Gasteiger partial charge is 0.464 e. The van der Waals surface area contributed by atoms with Gasteiger partial charge < -0.3 is 10.5 Å². The zero-order valence-electron chi connectivity index (χ0n) is 16.2. The van der Waals surface area contributed by atoms with Gasteiger partial charge in [0.2, 0.25) is 0 Å². The number of hydrogen-bond donors (Lipinski definition) is 1. The number of carbonyl (C=O) groups excluding carboxylic acids is 1. The number of ether oxygens (including phenoxy) is 1. The number of unbranched alkanes of at least 4 members (excludes halogenated alkanes) is 11. The SMILES string of the molecule is CCCCCCCCC=CCCCCCCCC(=O)OCC(C)N. The van der Waals surface area contributed by atoms with Crippen molar-refractivity contribution in [2.45, 2.75) is 110 Å². The second-order valence-electron chi connectivity index (χ2n) is 6.99. The first-order valence-electron chi connectivity index (χ1n) is 10.2. The summed E-state index contributed by atoms with van der Waals surface area (Å²) in [6.45, 7) is 4.44. The molecule has 0 bridgehead atoms. The summed E-state index contributed by atoms with van der Waals surface area (Å²) in [5, 5.41) is 0. The van der Waals surface area contributed by atoms with Crippen molar-refractivity contribution in [2.24, 2.45) is 5.73 Å². The zero-order chi connectivity index (χ0) is 17.9. The van der Waals surface area contributed by atoms with Gasteiger partial charge in [-0.05, 0) is 39.0 Å². The summed E-state index contributed by atoms with van der Waals surface area (Å²) >= 11 is 0. The van der Waals surface area contributed by atoms with Crippen LogP contribution in [0.1, 0.15) is 104 Å². The van der Waals surface area contributed by atoms with Crippen molar-refractivity contribution >= 4 is 5.97 Å². The lowest BCUT2D eigenvalue weighted by atomic mass is 10.1. The molecular weight excluding hydrogens is 298 g/mol. The Morgan fingerprint density at radius 2 is 1.38 bits per heavy atom. The van der Waals surface area contributed by atoms with Crippen LogP contribution in [0, 0.1) is 0 Å². The number of esters is 1. The van der Waals surface area contributed by atoms with Crippen molar-refractivity contribution < 1.29 is 9.53 Å². The van der Waals surface area contributed by atoms with Crippen LogP contribution in [0.4, 0.5) is 0 Å². The van der Waals surface area contributed by atoms with Crippen LogP contribution in [0.5, 0.6) is 0 Å². The maximum atomic E-state index is 11.4. The van der Waals surface area contributed by atoms with Gasteiger partial charge in [-0.3, -0.25) is 4.79 Å². The molecule has 1 unspecified atom stereocenters. The molecule has 0 aliphatic carbocycles. The van der Waals surface area contributed by atoms with Gasteiger partial charge >= 0.3 is 5.97 Å². The monoisotopic (exact) mass is 339 g/mol. The van der Waals surface area contributed by atoms with Crippen molar-refractivity contribution in [1.29, 1.82) is 0 Å². The van der Waals surface area contributed by atoms with E-state index in [1.807, 2.05) is 6.92 Å². The molecule has 0 amide bonds. The summed E-state index contributed by atoms with van der Waals surface area (Å²) in [6, 6.07) is -0.0666. The van der Waals surface area contributed by atoms with Crippen molar-refractivity contribution in [3.05, 3.63) is 12.2 Å². The van der Waals surface area contributed by atoms with Crippen molar-refractivity contribution in [3.63, 3.8) is 0 Å². The van der Waals surface area contributed by atoms with Crippen LogP contribution in [0.25, 0.3) is 0 Å². The fourth-order valence-electron chi connectivity index (χ4n) is 2.64. The average molecular weight is 340 g/mol. The highest BCUT2D eigenvalue weighted by Crippen LogP contribution is 2.10. The van der Waals surface area contributed by atoms with E-state index in [1.165, 1.54) is 70.6 Å². The van der Waals surface area contributed by atoms with Gasteiger partial charge in [0, 0.05) is 12.5 Å². The third kappa shape index (κ3) is 19.2. The number of carbonyl (C=O) groups is 1. The van der Waals surface area contributed by atoms with Gasteiger partial charge in [0.15, 0.2) is 0 Å². The van der Waals surface area contributed by atoms with Crippen LogP contribution in [0.15, 0.2) is 12.2 Å². The fraction of sp³-hybridized carbons (Fsp3) is 0.857. The predicted molar refractivity (Wildman–Crippen MR) is 104 cm³/mol. The Morgan fingerprint density at radius 3 is 1.92 bits per heavy atom. The van der Waals surface area contributed by atoms with E-state index in [0.29, 0.717) is 13.0 Å². The first-order chi connectivity index (χ1) is 11.7. The standard InChI is InChI=1S/C21H41NO2/c1-3-4-5-6-7-8-9-10-11-12-13-14-15-16-17-18-21(23)24-19-20(2)22/h10-11,20H,3-9,12-19,22H2,1-2H3. The van der Waals surface area contributed by atoms with Crippen LogP contribution in [-0.2, 0) is 9.53 Å². The minimum atomic E-state index is -0.107. The molecule has 0 spiro atoms. The highest BCUT2D eigenvalue weighted by Gasteiger charge is 2.03. The van der Waals surface area contributed by atoms with E-state index in [4.69, 9.17) is 10.5 Å². The first-order valence-corrected chi connectivity index (χ1v) is 10.2. The molecule has 0 rings (SSSR count). The van der Waals surface area contributed by atoms with E-state index < -0.39 is 0 Å². The second-order valence-corrected chi connectivity index (χ2v) is 6.99. The van der Waals surface area contributed by atoms with E-state index in [9.17, 15) is 4.79 Å². The molecule has 3 nitrogen and oxygen atoms in total. The average Bonchev–Trinajstić information content (AvgIpc) is 2.56. The maximum absolute atomic E-state index is 11.4. The minimum absolute atomic E-state index is 0.0666. The molecule has 0 aromatic rings. The summed E-state index contributed by atoms with van der Waals surface area (Å²) in [4.78, 5) is 11.4. The quantitative estimate of drug-likeness (QED) is 0.203. The molecule has 0 saturated heterocycles. The molecule has 0 heterocycles. The second kappa shape index (κ2) is 18.5. The molecule has 0 aliphatic rings. The number of nitrogens with two attached hydrogens (primary N) is 1. The van der Waals surface area contributed by atoms with Crippen molar-refractivity contribution in [3.8, 4) is 0 Å². The topological polar surface area (TPSA) is 52.3 Å². The molecule has 0 radical (unpaired) electrons. The van der Waals surface area contributed by atoms with E-state index in [-0.39, 0.29) is 12.0 Å². The highest BCUT2D eigenvalue weighted by atomic mass is 16.5. The molecule has 0 fully saturated rings. The summed E-state index contributed by atoms with van der Waals surface area (Å²) in [5.41, 5.74) is 5.54. The normalized spacial score (nSPS) is 12.6. The third-order valence-electron chi connectivity index (χ3n) is 4.15. The molecule has 2 N–H and O–H groups in total. The third-order valence-corrected chi connectivity index (χ3v) is 4.15. The van der Waals surface area contributed by atoms with E-state index in [1.54, 1.807) is 0 Å². The van der Waals surface area contributed by atoms with Crippen LogP contribution in [0.3, 0.4) is 0 Å². The number of rotatable bonds is 17.